The molecular weight excluding hydrogens is 450 g/mol. The monoisotopic (exact) mass is 477 g/mol. The van der Waals surface area contributed by atoms with Crippen LogP contribution in [0.3, 0.4) is 0 Å². The van der Waals surface area contributed by atoms with Crippen LogP contribution in [0.5, 0.6) is 0 Å². The molecule has 34 heavy (non-hydrogen) atoms. The third kappa shape index (κ3) is 4.49. The number of anilines is 1. The van der Waals surface area contributed by atoms with Crippen molar-refractivity contribution in [2.75, 3.05) is 24.5 Å². The quantitative estimate of drug-likeness (QED) is 0.444. The molecule has 8 nitrogen and oxygen atoms in total. The number of piperidine rings is 1. The van der Waals surface area contributed by atoms with Crippen LogP contribution in [-0.2, 0) is 21.2 Å². The molecule has 0 unspecified atom stereocenters. The largest absolute Gasteiger partial charge is 0.356 e. The Labute approximate surface area is 198 Å². The van der Waals surface area contributed by atoms with Gasteiger partial charge < -0.3 is 14.6 Å². The predicted octanol–water partition coefficient (Wildman–Crippen LogP) is 2.71. The molecular formula is C25H27N5O3S. The minimum atomic E-state index is -3.69. The number of hydrogen-bond acceptors (Lipinski definition) is 5. The summed E-state index contributed by atoms with van der Waals surface area (Å²) in [5.74, 6) is 1.01. The van der Waals surface area contributed by atoms with Crippen LogP contribution in [0.2, 0.25) is 0 Å². The van der Waals surface area contributed by atoms with Gasteiger partial charge in [0.1, 0.15) is 0 Å². The van der Waals surface area contributed by atoms with Gasteiger partial charge in [0.25, 0.3) is 0 Å². The molecule has 9 heteroatoms. The fourth-order valence-electron chi connectivity index (χ4n) is 4.61. The third-order valence-corrected chi connectivity index (χ3v) is 7.40. The van der Waals surface area contributed by atoms with Gasteiger partial charge in [-0.05, 0) is 61.2 Å². The molecule has 4 aromatic rings. The van der Waals surface area contributed by atoms with E-state index in [1.807, 2.05) is 24.3 Å². The first-order chi connectivity index (χ1) is 16.4. The van der Waals surface area contributed by atoms with Crippen molar-refractivity contribution in [3.8, 4) is 0 Å². The van der Waals surface area contributed by atoms with E-state index in [4.69, 9.17) is 10.1 Å². The highest BCUT2D eigenvalue weighted by Gasteiger charge is 2.26. The van der Waals surface area contributed by atoms with E-state index in [0.717, 1.165) is 53.9 Å². The molecule has 0 bridgehead atoms. The van der Waals surface area contributed by atoms with Crippen molar-refractivity contribution in [3.05, 3.63) is 72.4 Å². The van der Waals surface area contributed by atoms with Crippen molar-refractivity contribution in [1.29, 1.82) is 0 Å². The Hall–Kier alpha value is -3.43. The van der Waals surface area contributed by atoms with Gasteiger partial charge in [-0.1, -0.05) is 24.3 Å². The molecule has 1 saturated heterocycles. The van der Waals surface area contributed by atoms with Crippen molar-refractivity contribution in [3.63, 3.8) is 0 Å². The summed E-state index contributed by atoms with van der Waals surface area (Å²) in [6.45, 7) is 2.06. The lowest BCUT2D eigenvalue weighted by molar-refractivity contribution is -0.125. The Balaban J connectivity index is 1.18. The summed E-state index contributed by atoms with van der Waals surface area (Å²) in [4.78, 5) is 20.0. The molecule has 0 atom stereocenters. The highest BCUT2D eigenvalue weighted by molar-refractivity contribution is 7.89. The van der Waals surface area contributed by atoms with E-state index in [1.165, 1.54) is 12.1 Å². The number of aromatic nitrogens is 2. The maximum Gasteiger partial charge on any atom is 0.238 e. The minimum absolute atomic E-state index is 0.0238. The SMILES string of the molecule is NS(=O)(=O)c1ccc(CCNC(=O)C2CCN(c3nc4ccccc4n4cccc34)CC2)cc1. The van der Waals surface area contributed by atoms with Crippen molar-refractivity contribution in [2.45, 2.75) is 24.2 Å². The van der Waals surface area contributed by atoms with Crippen molar-refractivity contribution in [2.24, 2.45) is 11.1 Å². The zero-order valence-corrected chi connectivity index (χ0v) is 19.5. The average Bonchev–Trinajstić information content (AvgIpc) is 3.34. The van der Waals surface area contributed by atoms with Crippen LogP contribution in [0, 0.1) is 5.92 Å². The van der Waals surface area contributed by atoms with Gasteiger partial charge in [0.15, 0.2) is 5.82 Å². The Morgan fingerprint density at radius 3 is 2.44 bits per heavy atom. The lowest BCUT2D eigenvalue weighted by Crippen LogP contribution is -2.41. The van der Waals surface area contributed by atoms with Crippen molar-refractivity contribution in [1.82, 2.24) is 14.7 Å². The number of amides is 1. The lowest BCUT2D eigenvalue weighted by atomic mass is 9.95. The number of para-hydroxylation sites is 2. The second-order valence-electron chi connectivity index (χ2n) is 8.68. The number of carbonyl (C=O) groups excluding carboxylic acids is 1. The van der Waals surface area contributed by atoms with E-state index in [2.05, 4.69) is 32.9 Å². The number of nitrogens with zero attached hydrogens (tertiary/aromatic N) is 3. The van der Waals surface area contributed by atoms with E-state index >= 15 is 0 Å². The highest BCUT2D eigenvalue weighted by Crippen LogP contribution is 2.29. The van der Waals surface area contributed by atoms with Gasteiger partial charge in [0.2, 0.25) is 15.9 Å². The lowest BCUT2D eigenvalue weighted by Gasteiger charge is -2.32. The zero-order valence-electron chi connectivity index (χ0n) is 18.7. The van der Waals surface area contributed by atoms with Crippen LogP contribution in [-0.4, -0.2) is 43.3 Å². The standard InChI is InChI=1S/C25H27N5O3S/c26-34(32,33)20-9-7-18(8-10-20)11-14-27-25(31)19-12-16-29(17-13-19)24-23-6-3-15-30(23)22-5-2-1-4-21(22)28-24/h1-10,15,19H,11-14,16-17H2,(H,27,31)(H2,26,32,33). The van der Waals surface area contributed by atoms with E-state index in [-0.39, 0.29) is 16.7 Å². The van der Waals surface area contributed by atoms with Gasteiger partial charge in [-0.15, -0.1) is 0 Å². The summed E-state index contributed by atoms with van der Waals surface area (Å²) < 4.78 is 24.9. The Morgan fingerprint density at radius 1 is 1.00 bits per heavy atom. The normalized spacial score (nSPS) is 15.1. The number of nitrogens with one attached hydrogen (secondary N) is 1. The number of fused-ring (bicyclic) bond motifs is 3. The summed E-state index contributed by atoms with van der Waals surface area (Å²) >= 11 is 0. The maximum atomic E-state index is 12.7. The summed E-state index contributed by atoms with van der Waals surface area (Å²) in [7, 11) is -3.69. The summed E-state index contributed by atoms with van der Waals surface area (Å²) in [5.41, 5.74) is 4.06. The first kappa shape index (κ1) is 22.4. The summed E-state index contributed by atoms with van der Waals surface area (Å²) in [5, 5.41) is 8.16. The van der Waals surface area contributed by atoms with Gasteiger partial charge in [0.05, 0.1) is 21.4 Å². The van der Waals surface area contributed by atoms with Gasteiger partial charge >= 0.3 is 0 Å². The molecule has 1 aliphatic heterocycles. The molecule has 0 aliphatic carbocycles. The van der Waals surface area contributed by atoms with Crippen molar-refractivity contribution >= 4 is 38.3 Å². The smallest absolute Gasteiger partial charge is 0.238 e. The van der Waals surface area contributed by atoms with Crippen LogP contribution in [0.4, 0.5) is 5.82 Å². The van der Waals surface area contributed by atoms with E-state index < -0.39 is 10.0 Å². The van der Waals surface area contributed by atoms with Gasteiger partial charge in [-0.2, -0.15) is 0 Å². The molecule has 0 saturated carbocycles. The third-order valence-electron chi connectivity index (χ3n) is 6.48. The molecule has 1 aliphatic rings. The number of benzene rings is 2. The zero-order chi connectivity index (χ0) is 23.7. The highest BCUT2D eigenvalue weighted by atomic mass is 32.2. The summed E-state index contributed by atoms with van der Waals surface area (Å²) in [6.07, 6.45) is 4.24. The molecule has 3 heterocycles. The van der Waals surface area contributed by atoms with Gasteiger partial charge in [-0.3, -0.25) is 4.79 Å². The molecule has 1 amide bonds. The van der Waals surface area contributed by atoms with Crippen LogP contribution < -0.4 is 15.4 Å². The van der Waals surface area contributed by atoms with Crippen LogP contribution in [0.15, 0.2) is 71.8 Å². The molecule has 2 aromatic carbocycles. The molecule has 1 fully saturated rings. The van der Waals surface area contributed by atoms with E-state index in [9.17, 15) is 13.2 Å². The Morgan fingerprint density at radius 2 is 1.71 bits per heavy atom. The molecule has 3 N–H and O–H groups in total. The fraction of sp³-hybridized carbons (Fsp3) is 0.280. The molecule has 5 rings (SSSR count). The second kappa shape index (κ2) is 9.08. The first-order valence-electron chi connectivity index (χ1n) is 11.4. The number of hydrogen-bond donors (Lipinski definition) is 2. The van der Waals surface area contributed by atoms with Crippen molar-refractivity contribution < 1.29 is 13.2 Å². The Bertz CT molecular complexity index is 1440. The second-order valence-corrected chi connectivity index (χ2v) is 10.2. The van der Waals surface area contributed by atoms with Gasteiger partial charge in [0, 0.05) is 31.7 Å². The number of primary sulfonamides is 1. The van der Waals surface area contributed by atoms with Gasteiger partial charge in [-0.25, -0.2) is 18.5 Å². The predicted molar refractivity (Wildman–Crippen MR) is 132 cm³/mol. The van der Waals surface area contributed by atoms with Crippen LogP contribution in [0.25, 0.3) is 16.6 Å². The molecule has 176 valence electrons. The topological polar surface area (TPSA) is 110 Å². The minimum Gasteiger partial charge on any atom is -0.356 e. The fourth-order valence-corrected chi connectivity index (χ4v) is 5.13. The summed E-state index contributed by atoms with van der Waals surface area (Å²) in [6, 6.07) is 18.7. The average molecular weight is 478 g/mol. The number of rotatable bonds is 6. The van der Waals surface area contributed by atoms with Crippen LogP contribution in [0.1, 0.15) is 18.4 Å². The first-order valence-corrected chi connectivity index (χ1v) is 12.9. The number of sulfonamides is 1. The molecule has 2 aromatic heterocycles. The Kier molecular flexibility index (Phi) is 5.97. The molecule has 0 spiro atoms. The molecule has 0 radical (unpaired) electrons. The van der Waals surface area contributed by atoms with Crippen LogP contribution >= 0.6 is 0 Å². The number of nitrogens with two attached hydrogens (primary N) is 1. The maximum absolute atomic E-state index is 12.7. The van der Waals surface area contributed by atoms with E-state index in [1.54, 1.807) is 12.1 Å². The number of carbonyl (C=O) groups is 1. The van der Waals surface area contributed by atoms with E-state index in [0.29, 0.717) is 13.0 Å².